The van der Waals surface area contributed by atoms with Gasteiger partial charge in [0.2, 0.25) is 10.0 Å². The first kappa shape index (κ1) is 23.8. The number of carbonyl (C=O) groups is 1. The van der Waals surface area contributed by atoms with Crippen LogP contribution in [0.1, 0.15) is 29.1 Å². The molecule has 170 valence electrons. The molecule has 0 saturated carbocycles. The van der Waals surface area contributed by atoms with Crippen LogP contribution in [0.15, 0.2) is 64.9 Å². The van der Waals surface area contributed by atoms with Crippen LogP contribution >= 0.6 is 11.3 Å². The number of hydrogen-bond donors (Lipinski definition) is 2. The Labute approximate surface area is 192 Å². The summed E-state index contributed by atoms with van der Waals surface area (Å²) in [6, 6.07) is 14.9. The van der Waals surface area contributed by atoms with E-state index in [0.29, 0.717) is 48.9 Å². The minimum Gasteiger partial charge on any atom is -0.490 e. The molecule has 0 atom stereocenters. The zero-order valence-electron chi connectivity index (χ0n) is 18.0. The lowest BCUT2D eigenvalue weighted by Gasteiger charge is -2.13. The second-order valence-electron chi connectivity index (χ2n) is 6.73. The SMILES string of the molecule is CCOc1ccc(NC(=O)c2ccc(S(=O)(=O)NCCc3cccs3)cc2)cc1OCC. The molecule has 0 aliphatic rings. The van der Waals surface area contributed by atoms with E-state index >= 15 is 0 Å². The number of amides is 1. The van der Waals surface area contributed by atoms with Crippen molar-refractivity contribution in [2.24, 2.45) is 0 Å². The minimum absolute atomic E-state index is 0.111. The lowest BCUT2D eigenvalue weighted by atomic mass is 10.2. The molecule has 7 nitrogen and oxygen atoms in total. The number of carbonyl (C=O) groups excluding carboxylic acids is 1. The third-order valence-corrected chi connectivity index (χ3v) is 6.88. The van der Waals surface area contributed by atoms with E-state index in [1.165, 1.54) is 24.3 Å². The van der Waals surface area contributed by atoms with Gasteiger partial charge in [0.25, 0.3) is 5.91 Å². The van der Waals surface area contributed by atoms with Crippen LogP contribution in [-0.4, -0.2) is 34.1 Å². The maximum Gasteiger partial charge on any atom is 0.255 e. The molecule has 1 heterocycles. The Hall–Kier alpha value is -2.88. The van der Waals surface area contributed by atoms with E-state index in [1.54, 1.807) is 29.5 Å². The summed E-state index contributed by atoms with van der Waals surface area (Å²) >= 11 is 1.59. The first-order valence-corrected chi connectivity index (χ1v) is 12.6. The maximum absolute atomic E-state index is 12.6. The lowest BCUT2D eigenvalue weighted by molar-refractivity contribution is 0.102. The molecule has 2 aromatic carbocycles. The molecule has 2 N–H and O–H groups in total. The topological polar surface area (TPSA) is 93.7 Å². The zero-order chi connectivity index (χ0) is 23.0. The highest BCUT2D eigenvalue weighted by atomic mass is 32.2. The van der Waals surface area contributed by atoms with Crippen molar-refractivity contribution in [3.8, 4) is 11.5 Å². The molecule has 0 unspecified atom stereocenters. The molecule has 0 saturated heterocycles. The van der Waals surface area contributed by atoms with E-state index in [-0.39, 0.29) is 10.8 Å². The van der Waals surface area contributed by atoms with E-state index < -0.39 is 10.0 Å². The Balaban J connectivity index is 1.63. The van der Waals surface area contributed by atoms with E-state index in [2.05, 4.69) is 10.0 Å². The summed E-state index contributed by atoms with van der Waals surface area (Å²) in [5.74, 6) is 0.793. The molecule has 0 radical (unpaired) electrons. The van der Waals surface area contributed by atoms with Crippen molar-refractivity contribution in [1.29, 1.82) is 0 Å². The second-order valence-corrected chi connectivity index (χ2v) is 9.53. The second kappa shape index (κ2) is 11.1. The van der Waals surface area contributed by atoms with Crippen molar-refractivity contribution < 1.29 is 22.7 Å². The molecule has 3 aromatic rings. The van der Waals surface area contributed by atoms with Crippen molar-refractivity contribution in [2.45, 2.75) is 25.2 Å². The number of hydrogen-bond acceptors (Lipinski definition) is 6. The average molecular weight is 475 g/mol. The van der Waals surface area contributed by atoms with Crippen LogP contribution in [0.2, 0.25) is 0 Å². The standard InChI is InChI=1S/C23H26N2O5S2/c1-3-29-21-12-9-18(16-22(21)30-4-2)25-23(26)17-7-10-20(11-8-17)32(27,28)24-14-13-19-6-5-15-31-19/h5-12,15-16,24H,3-4,13-14H2,1-2H3,(H,25,26). The quantitative estimate of drug-likeness (QED) is 0.432. The largest absolute Gasteiger partial charge is 0.490 e. The molecule has 0 aliphatic carbocycles. The van der Waals surface area contributed by atoms with Gasteiger partial charge in [-0.05, 0) is 68.1 Å². The van der Waals surface area contributed by atoms with Gasteiger partial charge in [0.1, 0.15) is 0 Å². The van der Waals surface area contributed by atoms with Gasteiger partial charge in [-0.3, -0.25) is 4.79 Å². The summed E-state index contributed by atoms with van der Waals surface area (Å²) in [7, 11) is -3.64. The smallest absolute Gasteiger partial charge is 0.255 e. The Bertz CT molecular complexity index is 1130. The third kappa shape index (κ3) is 6.32. The van der Waals surface area contributed by atoms with Crippen molar-refractivity contribution in [3.63, 3.8) is 0 Å². The Kier molecular flexibility index (Phi) is 8.26. The zero-order valence-corrected chi connectivity index (χ0v) is 19.6. The summed E-state index contributed by atoms with van der Waals surface area (Å²) < 4.78 is 38.7. The van der Waals surface area contributed by atoms with Crippen LogP contribution in [-0.2, 0) is 16.4 Å². The highest BCUT2D eigenvalue weighted by molar-refractivity contribution is 7.89. The maximum atomic E-state index is 12.6. The van der Waals surface area contributed by atoms with Gasteiger partial charge in [-0.1, -0.05) is 6.07 Å². The number of ether oxygens (including phenoxy) is 2. The fourth-order valence-corrected chi connectivity index (χ4v) is 4.71. The number of benzene rings is 2. The Morgan fingerprint density at radius 3 is 2.34 bits per heavy atom. The molecule has 32 heavy (non-hydrogen) atoms. The van der Waals surface area contributed by atoms with Gasteiger partial charge in [0, 0.05) is 28.7 Å². The highest BCUT2D eigenvalue weighted by Crippen LogP contribution is 2.30. The van der Waals surface area contributed by atoms with Gasteiger partial charge in [0.15, 0.2) is 11.5 Å². The van der Waals surface area contributed by atoms with Gasteiger partial charge < -0.3 is 14.8 Å². The van der Waals surface area contributed by atoms with Crippen LogP contribution in [0, 0.1) is 0 Å². The van der Waals surface area contributed by atoms with E-state index in [0.717, 1.165) is 4.88 Å². The minimum atomic E-state index is -3.64. The van der Waals surface area contributed by atoms with Gasteiger partial charge in [0.05, 0.1) is 18.1 Å². The van der Waals surface area contributed by atoms with Gasteiger partial charge >= 0.3 is 0 Å². The van der Waals surface area contributed by atoms with E-state index in [4.69, 9.17) is 9.47 Å². The van der Waals surface area contributed by atoms with Crippen LogP contribution in [0.3, 0.4) is 0 Å². The molecule has 0 aliphatic heterocycles. The van der Waals surface area contributed by atoms with Gasteiger partial charge in [-0.2, -0.15) is 0 Å². The molecule has 0 bridgehead atoms. The van der Waals surface area contributed by atoms with Crippen LogP contribution in [0.5, 0.6) is 11.5 Å². The van der Waals surface area contributed by atoms with E-state index in [1.807, 2.05) is 31.4 Å². The van der Waals surface area contributed by atoms with Crippen molar-refractivity contribution in [1.82, 2.24) is 4.72 Å². The highest BCUT2D eigenvalue weighted by Gasteiger charge is 2.15. The summed E-state index contributed by atoms with van der Waals surface area (Å²) in [5, 5.41) is 4.75. The Morgan fingerprint density at radius 1 is 0.969 bits per heavy atom. The number of sulfonamides is 1. The number of thiophene rings is 1. The summed E-state index contributed by atoms with van der Waals surface area (Å²) in [6.45, 7) is 5.03. The summed E-state index contributed by atoms with van der Waals surface area (Å²) in [4.78, 5) is 13.8. The first-order chi connectivity index (χ1) is 15.4. The number of rotatable bonds is 11. The number of nitrogens with one attached hydrogen (secondary N) is 2. The van der Waals surface area contributed by atoms with Crippen LogP contribution in [0.25, 0.3) is 0 Å². The summed E-state index contributed by atoms with van der Waals surface area (Å²) in [6.07, 6.45) is 0.628. The molecule has 0 fully saturated rings. The fraction of sp³-hybridized carbons (Fsp3) is 0.261. The van der Waals surface area contributed by atoms with Crippen molar-refractivity contribution in [2.75, 3.05) is 25.1 Å². The van der Waals surface area contributed by atoms with Crippen molar-refractivity contribution in [3.05, 3.63) is 70.4 Å². The molecule has 9 heteroatoms. The predicted molar refractivity (Wildman–Crippen MR) is 126 cm³/mol. The fourth-order valence-electron chi connectivity index (χ4n) is 2.96. The predicted octanol–water partition coefficient (Wildman–Crippen LogP) is 4.32. The van der Waals surface area contributed by atoms with Crippen molar-refractivity contribution >= 4 is 33.0 Å². The molecule has 1 amide bonds. The van der Waals surface area contributed by atoms with Crippen LogP contribution < -0.4 is 19.5 Å². The van der Waals surface area contributed by atoms with E-state index in [9.17, 15) is 13.2 Å². The molecule has 0 spiro atoms. The van der Waals surface area contributed by atoms with Gasteiger partial charge in [-0.15, -0.1) is 11.3 Å². The van der Waals surface area contributed by atoms with Crippen LogP contribution in [0.4, 0.5) is 5.69 Å². The normalized spacial score (nSPS) is 11.2. The summed E-state index contributed by atoms with van der Waals surface area (Å²) in [5.41, 5.74) is 0.892. The Morgan fingerprint density at radius 2 is 1.69 bits per heavy atom. The number of anilines is 1. The first-order valence-electron chi connectivity index (χ1n) is 10.3. The molecular weight excluding hydrogens is 448 g/mol. The van der Waals surface area contributed by atoms with Gasteiger partial charge in [-0.25, -0.2) is 13.1 Å². The molecule has 1 aromatic heterocycles. The third-order valence-electron chi connectivity index (χ3n) is 4.47. The monoisotopic (exact) mass is 474 g/mol. The average Bonchev–Trinajstić information content (AvgIpc) is 3.29. The lowest BCUT2D eigenvalue weighted by Crippen LogP contribution is -2.26. The molecule has 3 rings (SSSR count). The molecular formula is C23H26N2O5S2.